The highest BCUT2D eigenvalue weighted by molar-refractivity contribution is 5.85. The van der Waals surface area contributed by atoms with Crippen LogP contribution in [0.3, 0.4) is 0 Å². The third-order valence-corrected chi connectivity index (χ3v) is 3.92. The monoisotopic (exact) mass is 359 g/mol. The molecule has 0 aliphatic heterocycles. The molecule has 0 saturated heterocycles. The summed E-state index contributed by atoms with van der Waals surface area (Å²) in [5.41, 5.74) is 2.38. The highest BCUT2D eigenvalue weighted by atomic mass is 16.7. The van der Waals surface area contributed by atoms with Gasteiger partial charge in [-0.15, -0.1) is 6.58 Å². The molecule has 3 aromatic rings. The molecule has 0 spiro atoms. The molecule has 3 aromatic carbocycles. The van der Waals surface area contributed by atoms with Crippen LogP contribution in [0.5, 0.6) is 0 Å². The van der Waals surface area contributed by atoms with Gasteiger partial charge >= 0.3 is 6.09 Å². The van der Waals surface area contributed by atoms with Gasteiger partial charge in [-0.1, -0.05) is 84.9 Å². The van der Waals surface area contributed by atoms with Gasteiger partial charge in [0.2, 0.25) is 0 Å². The van der Waals surface area contributed by atoms with Crippen LogP contribution in [0.1, 0.15) is 17.2 Å². The lowest BCUT2D eigenvalue weighted by Gasteiger charge is -2.25. The van der Waals surface area contributed by atoms with Crippen LogP contribution in [-0.4, -0.2) is 6.09 Å². The number of anilines is 1. The molecule has 4 nitrogen and oxygen atoms in total. The third-order valence-electron chi connectivity index (χ3n) is 3.92. The molecule has 4 heteroatoms. The summed E-state index contributed by atoms with van der Waals surface area (Å²) in [7, 11) is 0. The second kappa shape index (κ2) is 9.36. The zero-order valence-electron chi connectivity index (χ0n) is 14.9. The minimum absolute atomic E-state index is 0.163. The number of hydrogen-bond acceptors (Lipinski definition) is 3. The Balaban J connectivity index is 1.78. The largest absolute Gasteiger partial charge is 0.443 e. The summed E-state index contributed by atoms with van der Waals surface area (Å²) in [6, 6.07) is 28.2. The van der Waals surface area contributed by atoms with Gasteiger partial charge in [-0.05, 0) is 23.3 Å². The van der Waals surface area contributed by atoms with Gasteiger partial charge in [-0.3, -0.25) is 4.84 Å². The second-order valence-electron chi connectivity index (χ2n) is 5.84. The Kier molecular flexibility index (Phi) is 6.39. The summed E-state index contributed by atoms with van der Waals surface area (Å²) in [6.45, 7) is 4.00. The molecule has 1 unspecified atom stereocenters. The Morgan fingerprint density at radius 1 is 0.889 bits per heavy atom. The van der Waals surface area contributed by atoms with Crippen LogP contribution in [0, 0.1) is 0 Å². The van der Waals surface area contributed by atoms with Crippen molar-refractivity contribution >= 4 is 11.8 Å². The Hall–Kier alpha value is -3.37. The smallest absolute Gasteiger partial charge is 0.439 e. The zero-order chi connectivity index (χ0) is 18.9. The summed E-state index contributed by atoms with van der Waals surface area (Å²) in [5, 5.41) is 1.17. The Morgan fingerprint density at radius 3 is 2.04 bits per heavy atom. The van der Waals surface area contributed by atoms with Crippen molar-refractivity contribution in [3.05, 3.63) is 115 Å². The quantitative estimate of drug-likeness (QED) is 0.402. The van der Waals surface area contributed by atoms with Crippen molar-refractivity contribution in [2.24, 2.45) is 0 Å². The van der Waals surface area contributed by atoms with Crippen molar-refractivity contribution in [3.63, 3.8) is 0 Å². The minimum atomic E-state index is -0.590. The summed E-state index contributed by atoms with van der Waals surface area (Å²) < 4.78 is 5.45. The van der Waals surface area contributed by atoms with E-state index in [1.165, 1.54) is 5.06 Å². The van der Waals surface area contributed by atoms with Gasteiger partial charge in [-0.25, -0.2) is 4.79 Å². The molecule has 1 amide bonds. The van der Waals surface area contributed by atoms with E-state index in [-0.39, 0.29) is 6.61 Å². The number of hydrogen-bond donors (Lipinski definition) is 0. The van der Waals surface area contributed by atoms with E-state index in [1.807, 2.05) is 78.9 Å². The third kappa shape index (κ3) is 5.06. The summed E-state index contributed by atoms with van der Waals surface area (Å²) in [4.78, 5) is 18.7. The van der Waals surface area contributed by atoms with Crippen LogP contribution in [0.15, 0.2) is 104 Å². The summed E-state index contributed by atoms with van der Waals surface area (Å²) >= 11 is 0. The maximum Gasteiger partial charge on any atom is 0.439 e. The number of hydroxylamine groups is 1. The van der Waals surface area contributed by atoms with Crippen LogP contribution in [0.4, 0.5) is 10.5 Å². The molecule has 1 atom stereocenters. The van der Waals surface area contributed by atoms with Crippen molar-refractivity contribution < 1.29 is 14.4 Å². The van der Waals surface area contributed by atoms with E-state index in [1.54, 1.807) is 18.2 Å². The molecular formula is C23H21NO3. The van der Waals surface area contributed by atoms with Crippen LogP contribution >= 0.6 is 0 Å². The summed E-state index contributed by atoms with van der Waals surface area (Å²) in [6.07, 6.45) is 0.568. The van der Waals surface area contributed by atoms with Gasteiger partial charge in [0.25, 0.3) is 0 Å². The molecule has 0 bridgehead atoms. The molecule has 0 aliphatic rings. The number of amides is 1. The van der Waals surface area contributed by atoms with Crippen LogP contribution < -0.4 is 5.06 Å². The molecule has 0 N–H and O–H groups in total. The minimum Gasteiger partial charge on any atom is -0.443 e. The molecule has 136 valence electrons. The van der Waals surface area contributed by atoms with Crippen molar-refractivity contribution in [2.75, 3.05) is 5.06 Å². The number of para-hydroxylation sites is 1. The number of nitrogens with zero attached hydrogens (tertiary/aromatic N) is 1. The Morgan fingerprint density at radius 2 is 1.44 bits per heavy atom. The number of rotatable bonds is 7. The van der Waals surface area contributed by atoms with E-state index in [4.69, 9.17) is 9.57 Å². The maximum absolute atomic E-state index is 12.7. The van der Waals surface area contributed by atoms with Crippen LogP contribution in [-0.2, 0) is 16.2 Å². The van der Waals surface area contributed by atoms with E-state index in [9.17, 15) is 4.79 Å². The molecule has 0 radical (unpaired) electrons. The lowest BCUT2D eigenvalue weighted by atomic mass is 10.1. The van der Waals surface area contributed by atoms with Gasteiger partial charge < -0.3 is 4.74 Å². The van der Waals surface area contributed by atoms with Crippen molar-refractivity contribution in [1.29, 1.82) is 0 Å². The maximum atomic E-state index is 12.7. The first-order chi connectivity index (χ1) is 13.3. The van der Waals surface area contributed by atoms with Crippen LogP contribution in [0.25, 0.3) is 0 Å². The SMILES string of the molecule is C=CC(ON(C(=O)OCc1ccccc1)c1ccccc1)c1ccccc1. The molecule has 0 fully saturated rings. The number of ether oxygens (including phenoxy) is 1. The highest BCUT2D eigenvalue weighted by Gasteiger charge is 2.23. The van der Waals surface area contributed by atoms with E-state index in [0.717, 1.165) is 11.1 Å². The first-order valence-electron chi connectivity index (χ1n) is 8.68. The Labute approximate surface area is 159 Å². The van der Waals surface area contributed by atoms with Gasteiger partial charge in [0.1, 0.15) is 12.7 Å². The second-order valence-corrected chi connectivity index (χ2v) is 5.84. The van der Waals surface area contributed by atoms with Gasteiger partial charge in [-0.2, -0.15) is 5.06 Å². The zero-order valence-corrected chi connectivity index (χ0v) is 14.9. The molecule has 0 aromatic heterocycles. The lowest BCUT2D eigenvalue weighted by molar-refractivity contribution is 0.0436. The van der Waals surface area contributed by atoms with Gasteiger partial charge in [0.05, 0.1) is 5.69 Å². The first kappa shape index (κ1) is 18.4. The first-order valence-corrected chi connectivity index (χ1v) is 8.68. The van der Waals surface area contributed by atoms with E-state index < -0.39 is 12.2 Å². The van der Waals surface area contributed by atoms with Crippen molar-refractivity contribution in [1.82, 2.24) is 0 Å². The highest BCUT2D eigenvalue weighted by Crippen LogP contribution is 2.24. The topological polar surface area (TPSA) is 38.8 Å². The predicted octanol–water partition coefficient (Wildman–Crippen LogP) is 5.69. The average Bonchev–Trinajstić information content (AvgIpc) is 2.75. The molecule has 0 aliphatic carbocycles. The fourth-order valence-corrected chi connectivity index (χ4v) is 2.55. The number of carbonyl (C=O) groups excluding carboxylic acids is 1. The summed E-state index contributed by atoms with van der Waals surface area (Å²) in [5.74, 6) is 0. The van der Waals surface area contributed by atoms with Gasteiger partial charge in [0.15, 0.2) is 0 Å². The fraction of sp³-hybridized carbons (Fsp3) is 0.0870. The van der Waals surface area contributed by atoms with E-state index in [2.05, 4.69) is 6.58 Å². The van der Waals surface area contributed by atoms with Crippen LogP contribution in [0.2, 0.25) is 0 Å². The number of carbonyl (C=O) groups is 1. The molecular weight excluding hydrogens is 338 g/mol. The lowest BCUT2D eigenvalue weighted by Crippen LogP contribution is -2.33. The Bertz CT molecular complexity index is 851. The standard InChI is InChI=1S/C23H21NO3/c1-2-22(20-14-8-4-9-15-20)27-24(21-16-10-5-11-17-21)23(25)26-18-19-12-6-3-7-13-19/h2-17,22H,1,18H2. The van der Waals surface area contributed by atoms with Gasteiger partial charge in [0, 0.05) is 0 Å². The average molecular weight is 359 g/mol. The van der Waals surface area contributed by atoms with E-state index >= 15 is 0 Å². The normalized spacial score (nSPS) is 11.4. The predicted molar refractivity (Wildman–Crippen MR) is 106 cm³/mol. The molecule has 27 heavy (non-hydrogen) atoms. The molecule has 3 rings (SSSR count). The fourth-order valence-electron chi connectivity index (χ4n) is 2.55. The number of benzene rings is 3. The molecule has 0 saturated carbocycles. The van der Waals surface area contributed by atoms with Crippen molar-refractivity contribution in [2.45, 2.75) is 12.7 Å². The van der Waals surface area contributed by atoms with E-state index in [0.29, 0.717) is 5.69 Å². The van der Waals surface area contributed by atoms with Crippen molar-refractivity contribution in [3.8, 4) is 0 Å². The molecule has 0 heterocycles.